The summed E-state index contributed by atoms with van der Waals surface area (Å²) in [5, 5.41) is 12.7. The summed E-state index contributed by atoms with van der Waals surface area (Å²) < 4.78 is 5.09. The van der Waals surface area contributed by atoms with Crippen LogP contribution in [0.2, 0.25) is 0 Å². The molecule has 1 saturated heterocycles. The molecule has 0 aromatic heterocycles. The van der Waals surface area contributed by atoms with Crippen molar-refractivity contribution in [3.8, 4) is 0 Å². The molecule has 7 nitrogen and oxygen atoms in total. The average Bonchev–Trinajstić information content (AvgIpc) is 3.00. The molecule has 2 rings (SSSR count). The lowest BCUT2D eigenvalue weighted by molar-refractivity contribution is -0.152. The maximum Gasteiger partial charge on any atom is 0.326 e. The Kier molecular flexibility index (Phi) is 7.43. The zero-order chi connectivity index (χ0) is 19.3. The number of hydrogen-bond donors (Lipinski definition) is 2. The first-order valence-electron chi connectivity index (χ1n) is 9.88. The van der Waals surface area contributed by atoms with Crippen molar-refractivity contribution >= 4 is 17.8 Å². The second kappa shape index (κ2) is 9.35. The lowest BCUT2D eigenvalue weighted by Gasteiger charge is -2.35. The topological polar surface area (TPSA) is 95.9 Å². The molecule has 2 N–H and O–H groups in total. The van der Waals surface area contributed by atoms with Crippen molar-refractivity contribution in [2.24, 2.45) is 5.92 Å². The van der Waals surface area contributed by atoms with E-state index in [1.54, 1.807) is 18.7 Å². The van der Waals surface area contributed by atoms with E-state index < -0.39 is 24.1 Å². The van der Waals surface area contributed by atoms with Crippen molar-refractivity contribution in [1.82, 2.24) is 10.2 Å². The highest BCUT2D eigenvalue weighted by Gasteiger charge is 2.48. The number of carboxylic acid groups (broad SMARTS) is 1. The zero-order valence-corrected chi connectivity index (χ0v) is 16.1. The van der Waals surface area contributed by atoms with Crippen LogP contribution in [0.4, 0.5) is 0 Å². The van der Waals surface area contributed by atoms with Crippen LogP contribution in [0.25, 0.3) is 0 Å². The van der Waals surface area contributed by atoms with Crippen LogP contribution >= 0.6 is 0 Å². The second-order valence-electron chi connectivity index (χ2n) is 7.43. The first-order valence-corrected chi connectivity index (χ1v) is 9.88. The third-order valence-electron chi connectivity index (χ3n) is 5.60. The van der Waals surface area contributed by atoms with E-state index >= 15 is 0 Å². The Morgan fingerprint density at radius 3 is 2.54 bits per heavy atom. The number of ether oxygens (including phenoxy) is 1. The number of rotatable bonds is 8. The van der Waals surface area contributed by atoms with Crippen LogP contribution in [0, 0.1) is 5.92 Å². The molecule has 1 aliphatic carbocycles. The Morgan fingerprint density at radius 1 is 1.23 bits per heavy atom. The number of aliphatic carboxylic acids is 1. The van der Waals surface area contributed by atoms with Gasteiger partial charge in [0.25, 0.3) is 0 Å². The molecule has 0 spiro atoms. The first-order chi connectivity index (χ1) is 12.4. The van der Waals surface area contributed by atoms with Gasteiger partial charge in [0, 0.05) is 6.04 Å². The quantitative estimate of drug-likeness (QED) is 0.636. The average molecular weight is 368 g/mol. The number of likely N-dealkylation sites (tertiary alicyclic amines) is 1. The standard InChI is InChI=1S/C19H32N2O5/c1-4-8-14(19(25)26-5-2)20-12(3)17(22)21-15-10-7-6-9-13(15)11-16(21)18(23)24/h12-16,20H,4-11H2,1-3H3,(H,23,24)/t12-,13-,14+,15-,16?/m0/s1. The van der Waals surface area contributed by atoms with E-state index in [4.69, 9.17) is 4.74 Å². The number of nitrogens with zero attached hydrogens (tertiary/aromatic N) is 1. The van der Waals surface area contributed by atoms with Crippen molar-refractivity contribution in [2.45, 2.75) is 89.9 Å². The molecular formula is C19H32N2O5. The van der Waals surface area contributed by atoms with Gasteiger partial charge in [-0.2, -0.15) is 0 Å². The van der Waals surface area contributed by atoms with Gasteiger partial charge in [0.2, 0.25) is 5.91 Å². The van der Waals surface area contributed by atoms with Crippen LogP contribution in [0.15, 0.2) is 0 Å². The molecule has 2 aliphatic rings. The van der Waals surface area contributed by atoms with Crippen LogP contribution in [0.1, 0.15) is 65.7 Å². The molecule has 148 valence electrons. The summed E-state index contributed by atoms with van der Waals surface area (Å²) in [7, 11) is 0. The summed E-state index contributed by atoms with van der Waals surface area (Å²) in [4.78, 5) is 38.5. The number of nitrogens with one attached hydrogen (secondary N) is 1. The molecule has 2 fully saturated rings. The van der Waals surface area contributed by atoms with Crippen LogP contribution < -0.4 is 5.32 Å². The Morgan fingerprint density at radius 2 is 1.92 bits per heavy atom. The number of fused-ring (bicyclic) bond motifs is 1. The zero-order valence-electron chi connectivity index (χ0n) is 16.1. The molecule has 7 heteroatoms. The van der Waals surface area contributed by atoms with Gasteiger partial charge in [-0.15, -0.1) is 0 Å². The lowest BCUT2D eigenvalue weighted by Crippen LogP contribution is -2.55. The maximum absolute atomic E-state index is 13.1. The van der Waals surface area contributed by atoms with E-state index in [0.29, 0.717) is 19.4 Å². The molecule has 0 radical (unpaired) electrons. The van der Waals surface area contributed by atoms with Crippen LogP contribution in [-0.4, -0.2) is 58.6 Å². The third kappa shape index (κ3) is 4.55. The molecule has 26 heavy (non-hydrogen) atoms. The molecule has 5 atom stereocenters. The summed E-state index contributed by atoms with van der Waals surface area (Å²) in [5.41, 5.74) is 0. The molecule has 0 aromatic carbocycles. The molecule has 1 heterocycles. The number of carboxylic acids is 1. The molecule has 0 bridgehead atoms. The summed E-state index contributed by atoms with van der Waals surface area (Å²) in [5.74, 6) is -1.24. The summed E-state index contributed by atoms with van der Waals surface area (Å²) >= 11 is 0. The first kappa shape index (κ1) is 20.7. The summed E-state index contributed by atoms with van der Waals surface area (Å²) in [6, 6.07) is -1.92. The molecule has 1 unspecified atom stereocenters. The van der Waals surface area contributed by atoms with Gasteiger partial charge in [-0.25, -0.2) is 4.79 Å². The minimum atomic E-state index is -0.935. The smallest absolute Gasteiger partial charge is 0.326 e. The Hall–Kier alpha value is -1.63. The Bertz CT molecular complexity index is 524. The second-order valence-corrected chi connectivity index (χ2v) is 7.43. The van der Waals surface area contributed by atoms with Gasteiger partial charge in [0.05, 0.1) is 12.6 Å². The Labute approximate surface area is 155 Å². The predicted molar refractivity (Wildman–Crippen MR) is 96.6 cm³/mol. The highest BCUT2D eigenvalue weighted by molar-refractivity contribution is 5.88. The van der Waals surface area contributed by atoms with Crippen molar-refractivity contribution in [2.75, 3.05) is 6.61 Å². The number of carbonyl (C=O) groups excluding carboxylic acids is 2. The third-order valence-corrected chi connectivity index (χ3v) is 5.60. The number of esters is 1. The molecular weight excluding hydrogens is 336 g/mol. The molecule has 1 amide bonds. The normalized spacial score (nSPS) is 27.5. The predicted octanol–water partition coefficient (Wildman–Crippen LogP) is 1.94. The van der Waals surface area contributed by atoms with Gasteiger partial charge < -0.3 is 14.7 Å². The van der Waals surface area contributed by atoms with E-state index in [2.05, 4.69) is 5.32 Å². The van der Waals surface area contributed by atoms with Crippen molar-refractivity contribution < 1.29 is 24.2 Å². The largest absolute Gasteiger partial charge is 0.480 e. The van der Waals surface area contributed by atoms with E-state index in [0.717, 1.165) is 32.1 Å². The van der Waals surface area contributed by atoms with Crippen LogP contribution in [0.5, 0.6) is 0 Å². The Balaban J connectivity index is 2.10. The molecule has 1 saturated carbocycles. The van der Waals surface area contributed by atoms with Gasteiger partial charge >= 0.3 is 11.9 Å². The molecule has 1 aliphatic heterocycles. The highest BCUT2D eigenvalue weighted by Crippen LogP contribution is 2.40. The van der Waals surface area contributed by atoms with Gasteiger partial charge in [-0.1, -0.05) is 26.2 Å². The minimum absolute atomic E-state index is 0.00817. The van der Waals surface area contributed by atoms with Crippen molar-refractivity contribution in [3.63, 3.8) is 0 Å². The summed E-state index contributed by atoms with van der Waals surface area (Å²) in [6.45, 7) is 5.72. The SMILES string of the molecule is CCC[C@@H](N[C@@H](C)C(=O)N1C(C(=O)O)C[C@@H]2CCCC[C@@H]21)C(=O)OCC. The van der Waals surface area contributed by atoms with Gasteiger partial charge in [0.1, 0.15) is 12.1 Å². The maximum atomic E-state index is 13.1. The number of carbonyl (C=O) groups is 3. The van der Waals surface area contributed by atoms with E-state index in [1.807, 2.05) is 6.92 Å². The number of amides is 1. The van der Waals surface area contributed by atoms with Crippen LogP contribution in [0.3, 0.4) is 0 Å². The molecule has 0 aromatic rings. The van der Waals surface area contributed by atoms with E-state index in [9.17, 15) is 19.5 Å². The van der Waals surface area contributed by atoms with Gasteiger partial charge in [0.15, 0.2) is 0 Å². The monoisotopic (exact) mass is 368 g/mol. The van der Waals surface area contributed by atoms with E-state index in [1.165, 1.54) is 0 Å². The fourth-order valence-corrected chi connectivity index (χ4v) is 4.39. The van der Waals surface area contributed by atoms with Gasteiger partial charge in [-0.3, -0.25) is 14.9 Å². The fraction of sp³-hybridized carbons (Fsp3) is 0.842. The fourth-order valence-electron chi connectivity index (χ4n) is 4.39. The minimum Gasteiger partial charge on any atom is -0.480 e. The van der Waals surface area contributed by atoms with Crippen LogP contribution in [-0.2, 0) is 19.1 Å². The van der Waals surface area contributed by atoms with E-state index in [-0.39, 0.29) is 23.8 Å². The lowest BCUT2D eigenvalue weighted by atomic mass is 9.84. The van der Waals surface area contributed by atoms with Crippen molar-refractivity contribution in [3.05, 3.63) is 0 Å². The van der Waals surface area contributed by atoms with Crippen molar-refractivity contribution in [1.29, 1.82) is 0 Å². The number of hydrogen-bond acceptors (Lipinski definition) is 5. The summed E-state index contributed by atoms with van der Waals surface area (Å²) in [6.07, 6.45) is 5.87. The van der Waals surface area contributed by atoms with Gasteiger partial charge in [-0.05, 0) is 45.4 Å². The highest BCUT2D eigenvalue weighted by atomic mass is 16.5.